The second-order valence-electron chi connectivity index (χ2n) is 5.82. The molecule has 0 saturated carbocycles. The van der Waals surface area contributed by atoms with Gasteiger partial charge in [-0.3, -0.25) is 25.4 Å². The molecule has 0 saturated heterocycles. The van der Waals surface area contributed by atoms with E-state index in [-0.39, 0.29) is 11.8 Å². The molecule has 0 aliphatic rings. The summed E-state index contributed by atoms with van der Waals surface area (Å²) in [6.45, 7) is 4.59. The molecule has 0 spiro atoms. The van der Waals surface area contributed by atoms with Crippen LogP contribution in [0.4, 0.5) is 0 Å². The topological polar surface area (TPSA) is 80.3 Å². The molecule has 2 aromatic rings. The van der Waals surface area contributed by atoms with Gasteiger partial charge in [-0.15, -0.1) is 0 Å². The molecule has 2 amide bonds. The molecule has 0 bridgehead atoms. The third-order valence-corrected chi connectivity index (χ3v) is 3.64. The minimum absolute atomic E-state index is 0.232. The summed E-state index contributed by atoms with van der Waals surface area (Å²) in [6, 6.07) is 9.37. The number of aryl methyl sites for hydroxylation is 2. The zero-order valence-electron chi connectivity index (χ0n) is 14.5. The van der Waals surface area contributed by atoms with Crippen molar-refractivity contribution in [3.8, 4) is 5.75 Å². The fourth-order valence-corrected chi connectivity index (χ4v) is 2.19. The van der Waals surface area contributed by atoms with Crippen molar-refractivity contribution in [2.45, 2.75) is 33.1 Å². The Balaban J connectivity index is 1.61. The number of rotatable bonds is 7. The molecule has 0 fully saturated rings. The van der Waals surface area contributed by atoms with Crippen molar-refractivity contribution >= 4 is 11.8 Å². The quantitative estimate of drug-likeness (QED) is 0.599. The Morgan fingerprint density at radius 1 is 1.12 bits per heavy atom. The van der Waals surface area contributed by atoms with Crippen molar-refractivity contribution in [1.29, 1.82) is 0 Å². The van der Waals surface area contributed by atoms with Crippen LogP contribution in [0, 0.1) is 13.8 Å². The van der Waals surface area contributed by atoms with Crippen LogP contribution >= 0.6 is 0 Å². The van der Waals surface area contributed by atoms with E-state index in [1.54, 1.807) is 18.3 Å². The molecule has 1 aromatic heterocycles. The Morgan fingerprint density at radius 3 is 2.72 bits per heavy atom. The first-order valence-corrected chi connectivity index (χ1v) is 8.25. The highest BCUT2D eigenvalue weighted by atomic mass is 16.5. The van der Waals surface area contributed by atoms with Crippen molar-refractivity contribution in [2.75, 3.05) is 6.61 Å². The number of hydrazine groups is 1. The zero-order valence-corrected chi connectivity index (χ0v) is 14.5. The summed E-state index contributed by atoms with van der Waals surface area (Å²) < 4.78 is 5.75. The van der Waals surface area contributed by atoms with Gasteiger partial charge in [0.1, 0.15) is 5.75 Å². The summed E-state index contributed by atoms with van der Waals surface area (Å²) in [5, 5.41) is 0. The van der Waals surface area contributed by atoms with Crippen LogP contribution < -0.4 is 15.6 Å². The zero-order chi connectivity index (χ0) is 18.1. The monoisotopic (exact) mass is 341 g/mol. The number of hydrogen-bond acceptors (Lipinski definition) is 4. The number of hydrogen-bond donors (Lipinski definition) is 2. The molecule has 2 rings (SSSR count). The first-order valence-electron chi connectivity index (χ1n) is 8.25. The summed E-state index contributed by atoms with van der Waals surface area (Å²) in [7, 11) is 0. The van der Waals surface area contributed by atoms with E-state index in [1.807, 2.05) is 32.0 Å². The number of amides is 2. The maximum Gasteiger partial charge on any atom is 0.271 e. The number of ether oxygens (including phenoxy) is 1. The highest BCUT2D eigenvalue weighted by Crippen LogP contribution is 2.19. The summed E-state index contributed by atoms with van der Waals surface area (Å²) in [4.78, 5) is 27.3. The Hall–Kier alpha value is -2.89. The smallest absolute Gasteiger partial charge is 0.271 e. The van der Waals surface area contributed by atoms with Gasteiger partial charge in [-0.2, -0.15) is 0 Å². The van der Waals surface area contributed by atoms with Crippen LogP contribution in [0.5, 0.6) is 5.75 Å². The lowest BCUT2D eigenvalue weighted by atomic mass is 10.1. The molecular formula is C19H23N3O3. The number of benzene rings is 1. The van der Waals surface area contributed by atoms with Crippen molar-refractivity contribution in [1.82, 2.24) is 15.8 Å². The lowest BCUT2D eigenvalue weighted by Crippen LogP contribution is -2.41. The van der Waals surface area contributed by atoms with E-state index in [0.29, 0.717) is 25.0 Å². The Labute approximate surface area is 147 Å². The Morgan fingerprint density at radius 2 is 1.96 bits per heavy atom. The molecule has 0 aliphatic carbocycles. The standard InChI is InChI=1S/C19H23N3O3/c1-14-8-9-15(2)17(12-14)25-11-4-3-7-18(23)21-22-19(24)16-6-5-10-20-13-16/h5-6,8-10,12-13H,3-4,7,11H2,1-2H3,(H,21,23)(H,22,24). The van der Waals surface area contributed by atoms with Crippen LogP contribution in [0.15, 0.2) is 42.7 Å². The van der Waals surface area contributed by atoms with Gasteiger partial charge in [-0.25, -0.2) is 0 Å². The molecule has 0 atom stereocenters. The predicted molar refractivity (Wildman–Crippen MR) is 95.1 cm³/mol. The van der Waals surface area contributed by atoms with Gasteiger partial charge in [-0.1, -0.05) is 12.1 Å². The number of nitrogens with one attached hydrogen (secondary N) is 2. The van der Waals surface area contributed by atoms with Crippen LogP contribution in [-0.2, 0) is 4.79 Å². The molecule has 0 unspecified atom stereocenters. The minimum Gasteiger partial charge on any atom is -0.493 e. The molecule has 1 heterocycles. The van der Waals surface area contributed by atoms with Crippen molar-refractivity contribution < 1.29 is 14.3 Å². The number of aromatic nitrogens is 1. The molecular weight excluding hydrogens is 318 g/mol. The average molecular weight is 341 g/mol. The highest BCUT2D eigenvalue weighted by Gasteiger charge is 2.07. The van der Waals surface area contributed by atoms with Crippen LogP contribution in [0.25, 0.3) is 0 Å². The van der Waals surface area contributed by atoms with E-state index in [1.165, 1.54) is 6.20 Å². The van der Waals surface area contributed by atoms with Crippen LogP contribution in [0.1, 0.15) is 40.7 Å². The fourth-order valence-electron chi connectivity index (χ4n) is 2.19. The molecule has 132 valence electrons. The van der Waals surface area contributed by atoms with Crippen LogP contribution in [0.2, 0.25) is 0 Å². The summed E-state index contributed by atoms with van der Waals surface area (Å²) in [5.74, 6) is 0.261. The summed E-state index contributed by atoms with van der Waals surface area (Å²) >= 11 is 0. The molecule has 6 heteroatoms. The van der Waals surface area contributed by atoms with Gasteiger partial charge in [0, 0.05) is 18.8 Å². The highest BCUT2D eigenvalue weighted by molar-refractivity contribution is 5.94. The van der Waals surface area contributed by atoms with E-state index in [2.05, 4.69) is 15.8 Å². The van der Waals surface area contributed by atoms with E-state index < -0.39 is 0 Å². The van der Waals surface area contributed by atoms with Gasteiger partial charge >= 0.3 is 0 Å². The van der Waals surface area contributed by atoms with E-state index >= 15 is 0 Å². The molecule has 1 aromatic carbocycles. The van der Waals surface area contributed by atoms with E-state index in [0.717, 1.165) is 23.3 Å². The van der Waals surface area contributed by atoms with E-state index in [9.17, 15) is 9.59 Å². The normalized spacial score (nSPS) is 10.2. The van der Waals surface area contributed by atoms with Gasteiger partial charge in [0.15, 0.2) is 0 Å². The molecule has 6 nitrogen and oxygen atoms in total. The Kier molecular flexibility index (Phi) is 6.95. The minimum atomic E-state index is -0.389. The van der Waals surface area contributed by atoms with E-state index in [4.69, 9.17) is 4.74 Å². The maximum atomic E-state index is 11.8. The van der Waals surface area contributed by atoms with Gasteiger partial charge < -0.3 is 4.74 Å². The third-order valence-electron chi connectivity index (χ3n) is 3.64. The molecule has 0 aliphatic heterocycles. The third kappa shape index (κ3) is 6.25. The van der Waals surface area contributed by atoms with Crippen molar-refractivity contribution in [2.24, 2.45) is 0 Å². The molecule has 0 radical (unpaired) electrons. The van der Waals surface area contributed by atoms with Crippen molar-refractivity contribution in [3.63, 3.8) is 0 Å². The van der Waals surface area contributed by atoms with Gasteiger partial charge in [-0.05, 0) is 56.0 Å². The second kappa shape index (κ2) is 9.42. The summed E-state index contributed by atoms with van der Waals surface area (Å²) in [5.41, 5.74) is 7.42. The fraction of sp³-hybridized carbons (Fsp3) is 0.316. The van der Waals surface area contributed by atoms with Crippen LogP contribution in [-0.4, -0.2) is 23.4 Å². The number of unbranched alkanes of at least 4 members (excludes halogenated alkanes) is 1. The SMILES string of the molecule is Cc1ccc(C)c(OCCCCC(=O)NNC(=O)c2cccnc2)c1. The lowest BCUT2D eigenvalue weighted by molar-refractivity contribution is -0.122. The van der Waals surface area contributed by atoms with Crippen LogP contribution in [0.3, 0.4) is 0 Å². The number of pyridine rings is 1. The number of nitrogens with zero attached hydrogens (tertiary/aromatic N) is 1. The first kappa shape index (κ1) is 18.4. The average Bonchev–Trinajstić information content (AvgIpc) is 2.63. The predicted octanol–water partition coefficient (Wildman–Crippen LogP) is 2.71. The maximum absolute atomic E-state index is 11.8. The largest absolute Gasteiger partial charge is 0.493 e. The number of carbonyl (C=O) groups is 2. The van der Waals surface area contributed by atoms with Crippen molar-refractivity contribution in [3.05, 3.63) is 59.4 Å². The van der Waals surface area contributed by atoms with Gasteiger partial charge in [0.2, 0.25) is 5.91 Å². The Bertz CT molecular complexity index is 717. The summed E-state index contributed by atoms with van der Waals surface area (Å²) in [6.07, 6.45) is 4.78. The number of carbonyl (C=O) groups excluding carboxylic acids is 2. The van der Waals surface area contributed by atoms with Gasteiger partial charge in [0.05, 0.1) is 12.2 Å². The first-order chi connectivity index (χ1) is 12.1. The second-order valence-corrected chi connectivity index (χ2v) is 5.82. The molecule has 25 heavy (non-hydrogen) atoms. The van der Waals surface area contributed by atoms with Gasteiger partial charge in [0.25, 0.3) is 5.91 Å². The lowest BCUT2D eigenvalue weighted by Gasteiger charge is -2.10. The molecule has 2 N–H and O–H groups in total.